The van der Waals surface area contributed by atoms with E-state index in [1.807, 2.05) is 11.8 Å². The van der Waals surface area contributed by atoms with Crippen LogP contribution in [-0.4, -0.2) is 34.8 Å². The Morgan fingerprint density at radius 3 is 2.84 bits per heavy atom. The molecule has 108 valence electrons. The molecule has 1 aliphatic rings. The van der Waals surface area contributed by atoms with Gasteiger partial charge in [-0.05, 0) is 42.7 Å². The maximum absolute atomic E-state index is 5.56. The smallest absolute Gasteiger partial charge is 0.315 e. The molecule has 0 bridgehead atoms. The molecule has 1 fully saturated rings. The average molecular weight is 284 g/mol. The van der Waals surface area contributed by atoms with Gasteiger partial charge in [0.15, 0.2) is 0 Å². The quantitative estimate of drug-likeness (QED) is 0.801. The second-order valence-corrected chi connectivity index (χ2v) is 6.69. The van der Waals surface area contributed by atoms with Crippen molar-refractivity contribution in [1.29, 1.82) is 0 Å². The van der Waals surface area contributed by atoms with Crippen LogP contribution in [0, 0.1) is 11.8 Å². The monoisotopic (exact) mass is 284 g/mol. The third kappa shape index (κ3) is 5.40. The molecule has 6 heteroatoms. The van der Waals surface area contributed by atoms with Crippen molar-refractivity contribution in [2.24, 2.45) is 11.8 Å². The molecule has 0 aliphatic carbocycles. The molecule has 0 aromatic carbocycles. The molecular formula is C13H24N4OS. The van der Waals surface area contributed by atoms with Gasteiger partial charge in [0.1, 0.15) is 0 Å². The summed E-state index contributed by atoms with van der Waals surface area (Å²) in [5.41, 5.74) is 0. The van der Waals surface area contributed by atoms with Crippen LogP contribution in [0.4, 0.5) is 6.01 Å². The van der Waals surface area contributed by atoms with Gasteiger partial charge in [-0.1, -0.05) is 18.9 Å². The largest absolute Gasteiger partial charge is 0.407 e. The number of anilines is 1. The Hall–Kier alpha value is -0.750. The molecule has 19 heavy (non-hydrogen) atoms. The van der Waals surface area contributed by atoms with Crippen LogP contribution in [-0.2, 0) is 6.54 Å². The summed E-state index contributed by atoms with van der Waals surface area (Å²) in [6.45, 7) is 6.91. The van der Waals surface area contributed by atoms with Gasteiger partial charge in [0.2, 0.25) is 5.89 Å². The Labute approximate surface area is 119 Å². The van der Waals surface area contributed by atoms with Crippen molar-refractivity contribution in [3.8, 4) is 0 Å². The minimum Gasteiger partial charge on any atom is -0.407 e. The Bertz CT molecular complexity index is 363. The number of thioether (sulfide) groups is 1. The summed E-state index contributed by atoms with van der Waals surface area (Å²) in [6.07, 6.45) is 2.57. The van der Waals surface area contributed by atoms with E-state index in [0.29, 0.717) is 24.4 Å². The molecule has 1 aromatic rings. The van der Waals surface area contributed by atoms with Gasteiger partial charge < -0.3 is 15.1 Å². The molecule has 5 nitrogen and oxygen atoms in total. The van der Waals surface area contributed by atoms with E-state index in [1.54, 1.807) is 0 Å². The zero-order valence-electron chi connectivity index (χ0n) is 11.8. The highest BCUT2D eigenvalue weighted by molar-refractivity contribution is 7.99. The lowest BCUT2D eigenvalue weighted by atomic mass is 10.0. The van der Waals surface area contributed by atoms with Gasteiger partial charge in [0.25, 0.3) is 0 Å². The maximum Gasteiger partial charge on any atom is 0.315 e. The predicted molar refractivity (Wildman–Crippen MR) is 79.4 cm³/mol. The fourth-order valence-electron chi connectivity index (χ4n) is 2.05. The van der Waals surface area contributed by atoms with E-state index in [4.69, 9.17) is 4.42 Å². The van der Waals surface area contributed by atoms with E-state index in [9.17, 15) is 0 Å². The van der Waals surface area contributed by atoms with E-state index < -0.39 is 0 Å². The lowest BCUT2D eigenvalue weighted by Gasteiger charge is -2.20. The first-order valence-electron chi connectivity index (χ1n) is 7.08. The molecule has 0 atom stereocenters. The lowest BCUT2D eigenvalue weighted by molar-refractivity contribution is 0.451. The normalized spacial score (nSPS) is 17.0. The summed E-state index contributed by atoms with van der Waals surface area (Å²) in [5, 5.41) is 14.6. The summed E-state index contributed by atoms with van der Waals surface area (Å²) in [6, 6.07) is 0.555. The van der Waals surface area contributed by atoms with Gasteiger partial charge >= 0.3 is 6.01 Å². The highest BCUT2D eigenvalue weighted by Gasteiger charge is 2.14. The van der Waals surface area contributed by atoms with Crippen LogP contribution < -0.4 is 10.6 Å². The second kappa shape index (κ2) is 7.75. The Kier molecular flexibility index (Phi) is 5.97. The van der Waals surface area contributed by atoms with Crippen molar-refractivity contribution in [1.82, 2.24) is 15.5 Å². The molecule has 2 rings (SSSR count). The van der Waals surface area contributed by atoms with E-state index in [-0.39, 0.29) is 0 Å². The number of rotatable bonds is 7. The van der Waals surface area contributed by atoms with Crippen molar-refractivity contribution in [2.45, 2.75) is 33.2 Å². The minimum absolute atomic E-state index is 0.555. The average Bonchev–Trinajstić information content (AvgIpc) is 2.85. The summed E-state index contributed by atoms with van der Waals surface area (Å²) in [4.78, 5) is 0. The number of nitrogens with zero attached hydrogens (tertiary/aromatic N) is 2. The molecular weight excluding hydrogens is 260 g/mol. The Morgan fingerprint density at radius 2 is 2.11 bits per heavy atom. The Morgan fingerprint density at radius 1 is 1.32 bits per heavy atom. The number of aromatic nitrogens is 2. The topological polar surface area (TPSA) is 63.0 Å². The maximum atomic E-state index is 5.56. The number of hydrogen-bond donors (Lipinski definition) is 2. The fraction of sp³-hybridized carbons (Fsp3) is 0.846. The highest BCUT2D eigenvalue weighted by atomic mass is 32.2. The van der Waals surface area contributed by atoms with Crippen LogP contribution in [0.25, 0.3) is 0 Å². The van der Waals surface area contributed by atoms with E-state index >= 15 is 0 Å². The van der Waals surface area contributed by atoms with Crippen molar-refractivity contribution in [2.75, 3.05) is 29.9 Å². The molecule has 0 spiro atoms. The van der Waals surface area contributed by atoms with Crippen LogP contribution >= 0.6 is 11.8 Å². The fourth-order valence-corrected chi connectivity index (χ4v) is 3.25. The van der Waals surface area contributed by atoms with Crippen molar-refractivity contribution >= 4 is 17.8 Å². The zero-order valence-corrected chi connectivity index (χ0v) is 12.6. The van der Waals surface area contributed by atoms with Crippen LogP contribution in [0.2, 0.25) is 0 Å². The summed E-state index contributed by atoms with van der Waals surface area (Å²) >= 11 is 2.05. The van der Waals surface area contributed by atoms with Crippen LogP contribution in [0.3, 0.4) is 0 Å². The summed E-state index contributed by atoms with van der Waals surface area (Å²) in [7, 11) is 0. The molecule has 0 radical (unpaired) electrons. The van der Waals surface area contributed by atoms with Crippen molar-refractivity contribution in [3.63, 3.8) is 0 Å². The number of nitrogens with one attached hydrogen (secondary N) is 2. The first-order chi connectivity index (χ1) is 9.24. The molecule has 2 N–H and O–H groups in total. The lowest BCUT2D eigenvalue weighted by Crippen LogP contribution is -2.19. The SMILES string of the molecule is CC(C)CNCc1nnc(NCC2CCSCC2)o1. The van der Waals surface area contributed by atoms with E-state index in [0.717, 1.165) is 19.0 Å². The van der Waals surface area contributed by atoms with Gasteiger partial charge in [0, 0.05) is 6.54 Å². The predicted octanol–water partition coefficient (Wildman–Crippen LogP) is 2.37. The molecule has 1 aromatic heterocycles. The van der Waals surface area contributed by atoms with Gasteiger partial charge in [-0.3, -0.25) is 0 Å². The molecule has 2 heterocycles. The molecule has 1 aliphatic heterocycles. The van der Waals surface area contributed by atoms with Crippen LogP contribution in [0.1, 0.15) is 32.6 Å². The third-order valence-corrected chi connectivity index (χ3v) is 4.23. The van der Waals surface area contributed by atoms with Crippen molar-refractivity contribution in [3.05, 3.63) is 5.89 Å². The third-order valence-electron chi connectivity index (χ3n) is 3.18. The van der Waals surface area contributed by atoms with E-state index in [2.05, 4.69) is 34.7 Å². The standard InChI is InChI=1S/C13H24N4OS/c1-10(2)7-14-9-12-16-17-13(18-12)15-8-11-3-5-19-6-4-11/h10-11,14H,3-9H2,1-2H3,(H,15,17). The van der Waals surface area contributed by atoms with Crippen LogP contribution in [0.15, 0.2) is 4.42 Å². The Balaban J connectivity index is 1.68. The highest BCUT2D eigenvalue weighted by Crippen LogP contribution is 2.22. The molecule has 0 amide bonds. The van der Waals surface area contributed by atoms with Gasteiger partial charge in [0.05, 0.1) is 6.54 Å². The second-order valence-electron chi connectivity index (χ2n) is 5.46. The van der Waals surface area contributed by atoms with Gasteiger partial charge in [-0.2, -0.15) is 11.8 Å². The van der Waals surface area contributed by atoms with Crippen LogP contribution in [0.5, 0.6) is 0 Å². The first kappa shape index (κ1) is 14.7. The van der Waals surface area contributed by atoms with Gasteiger partial charge in [-0.15, -0.1) is 5.10 Å². The summed E-state index contributed by atoms with van der Waals surface area (Å²) < 4.78 is 5.56. The van der Waals surface area contributed by atoms with Gasteiger partial charge in [-0.25, -0.2) is 0 Å². The summed E-state index contributed by atoms with van der Waals surface area (Å²) in [5.74, 6) is 4.59. The van der Waals surface area contributed by atoms with Crippen molar-refractivity contribution < 1.29 is 4.42 Å². The first-order valence-corrected chi connectivity index (χ1v) is 8.24. The molecule has 0 saturated carbocycles. The zero-order chi connectivity index (χ0) is 13.5. The molecule has 0 unspecified atom stereocenters. The van der Waals surface area contributed by atoms with E-state index in [1.165, 1.54) is 24.3 Å². The minimum atomic E-state index is 0.555. The number of hydrogen-bond acceptors (Lipinski definition) is 6. The molecule has 1 saturated heterocycles.